The Kier molecular flexibility index (Phi) is 20.3. The maximum Gasteiger partial charge on any atom is 0.180 e. The van der Waals surface area contributed by atoms with E-state index in [2.05, 4.69) is 60.3 Å². The van der Waals surface area contributed by atoms with Gasteiger partial charge in [-0.1, -0.05) is 44.9 Å². The highest BCUT2D eigenvalue weighted by molar-refractivity contribution is 7.39. The van der Waals surface area contributed by atoms with E-state index >= 15 is 0 Å². The molecule has 0 bridgehead atoms. The van der Waals surface area contributed by atoms with E-state index in [1.54, 1.807) is 0 Å². The van der Waals surface area contributed by atoms with Gasteiger partial charge in [0.05, 0.1) is 26.4 Å². The number of nitrogens with zero attached hydrogens (tertiary/aromatic N) is 1. The fraction of sp³-hybridized carbons (Fsp3) is 1.00. The van der Waals surface area contributed by atoms with Crippen molar-refractivity contribution in [1.29, 1.82) is 0 Å². The summed E-state index contributed by atoms with van der Waals surface area (Å²) in [5, 5.41) is 0. The summed E-state index contributed by atoms with van der Waals surface area (Å²) in [5.41, 5.74) is -0.955. The number of ether oxygens (including phenoxy) is 5. The SMILES string of the molecule is CCCOC(C)(OCCC)PCCN(CCPC(C)(OCCC)OCCC)C(C)OCC. The van der Waals surface area contributed by atoms with Crippen LogP contribution in [-0.2, 0) is 23.7 Å². The van der Waals surface area contributed by atoms with Crippen molar-refractivity contribution < 1.29 is 23.7 Å². The van der Waals surface area contributed by atoms with Gasteiger partial charge in [-0.3, -0.25) is 4.90 Å². The molecule has 0 heterocycles. The Morgan fingerprint density at radius 3 is 1.28 bits per heavy atom. The zero-order valence-corrected chi connectivity index (χ0v) is 24.3. The van der Waals surface area contributed by atoms with Gasteiger partial charge in [-0.15, -0.1) is 0 Å². The normalized spacial score (nSPS) is 14.5. The van der Waals surface area contributed by atoms with E-state index in [1.807, 2.05) is 0 Å². The molecule has 0 aliphatic heterocycles. The largest absolute Gasteiger partial charge is 0.364 e. The molecule has 0 spiro atoms. The molecule has 0 rings (SSSR count). The Bertz CT molecular complexity index is 383. The molecule has 0 amide bonds. The highest BCUT2D eigenvalue weighted by atomic mass is 31.1. The maximum atomic E-state index is 6.08. The van der Waals surface area contributed by atoms with E-state index in [1.165, 1.54) is 0 Å². The molecule has 0 fully saturated rings. The van der Waals surface area contributed by atoms with Gasteiger partial charge in [-0.2, -0.15) is 0 Å². The predicted molar refractivity (Wildman–Crippen MR) is 141 cm³/mol. The van der Waals surface area contributed by atoms with Crippen LogP contribution in [0.2, 0.25) is 0 Å². The quantitative estimate of drug-likeness (QED) is 0.126. The van der Waals surface area contributed by atoms with Crippen molar-refractivity contribution in [3.05, 3.63) is 0 Å². The first-order valence-electron chi connectivity index (χ1n) is 12.7. The third kappa shape index (κ3) is 15.5. The average Bonchev–Trinajstić information content (AvgIpc) is 2.78. The molecule has 6 nitrogen and oxygen atoms in total. The second-order valence-corrected chi connectivity index (χ2v) is 11.8. The highest BCUT2D eigenvalue weighted by Gasteiger charge is 2.28. The van der Waals surface area contributed by atoms with Crippen LogP contribution in [0.25, 0.3) is 0 Å². The van der Waals surface area contributed by atoms with E-state index in [0.717, 1.165) is 84.1 Å². The molecule has 0 saturated heterocycles. The fourth-order valence-electron chi connectivity index (χ4n) is 3.15. The van der Waals surface area contributed by atoms with Crippen molar-refractivity contribution in [2.75, 3.05) is 58.4 Å². The van der Waals surface area contributed by atoms with Crippen molar-refractivity contribution in [1.82, 2.24) is 4.90 Å². The first-order valence-corrected chi connectivity index (χ1v) is 15.1. The summed E-state index contributed by atoms with van der Waals surface area (Å²) in [6.07, 6.45) is 6.16. The maximum absolute atomic E-state index is 6.08. The van der Waals surface area contributed by atoms with Gasteiger partial charge in [-0.05, 0) is 65.7 Å². The lowest BCUT2D eigenvalue weighted by atomic mass is 10.4. The summed E-state index contributed by atoms with van der Waals surface area (Å²) < 4.78 is 30.3. The lowest BCUT2D eigenvalue weighted by Gasteiger charge is -2.34. The minimum absolute atomic E-state index is 0.0911. The monoisotopic (exact) mass is 497 g/mol. The van der Waals surface area contributed by atoms with Crippen molar-refractivity contribution in [2.45, 2.75) is 98.4 Å². The third-order valence-electron chi connectivity index (χ3n) is 4.94. The first-order chi connectivity index (χ1) is 15.3. The minimum atomic E-state index is -0.477. The molecular weight excluding hydrogens is 444 g/mol. The molecule has 8 heteroatoms. The molecule has 3 atom stereocenters. The zero-order chi connectivity index (χ0) is 24.3. The Labute approximate surface area is 202 Å². The summed E-state index contributed by atoms with van der Waals surface area (Å²) in [5.74, 6) is 0. The molecule has 0 N–H and O–H groups in total. The summed E-state index contributed by atoms with van der Waals surface area (Å²) in [6, 6.07) is 0. The van der Waals surface area contributed by atoms with Crippen LogP contribution in [0.3, 0.4) is 0 Å². The highest BCUT2D eigenvalue weighted by Crippen LogP contribution is 2.36. The van der Waals surface area contributed by atoms with Crippen LogP contribution in [0.5, 0.6) is 0 Å². The van der Waals surface area contributed by atoms with Gasteiger partial charge in [0.15, 0.2) is 11.1 Å². The lowest BCUT2D eigenvalue weighted by molar-refractivity contribution is -0.162. The minimum Gasteiger partial charge on any atom is -0.364 e. The van der Waals surface area contributed by atoms with Gasteiger partial charge >= 0.3 is 0 Å². The molecule has 32 heavy (non-hydrogen) atoms. The lowest BCUT2D eigenvalue weighted by Crippen LogP contribution is -2.40. The fourth-order valence-corrected chi connectivity index (χ4v) is 5.67. The van der Waals surface area contributed by atoms with Crippen LogP contribution in [0.1, 0.15) is 81.1 Å². The molecular formula is C24H53NO5P2. The van der Waals surface area contributed by atoms with Gasteiger partial charge in [0.1, 0.15) is 6.23 Å². The van der Waals surface area contributed by atoms with Crippen molar-refractivity contribution in [3.8, 4) is 0 Å². The van der Waals surface area contributed by atoms with Crippen molar-refractivity contribution in [2.24, 2.45) is 0 Å². The standard InChI is InChI=1S/C24H53NO5P2/c1-9-16-27-23(7,28-17-10-2)31-20-14-25(22(6)26-13-5)15-21-32-24(8,29-18-11-3)30-19-12-4/h22,31-32H,9-21H2,1-8H3. The van der Waals surface area contributed by atoms with Gasteiger partial charge in [-0.25, -0.2) is 0 Å². The number of rotatable bonds is 23. The average molecular weight is 498 g/mol. The molecule has 3 unspecified atom stereocenters. The Balaban J connectivity index is 4.84. The van der Waals surface area contributed by atoms with Crippen LogP contribution in [-0.4, -0.2) is 80.6 Å². The molecule has 0 aliphatic carbocycles. The smallest absolute Gasteiger partial charge is 0.180 e. The van der Waals surface area contributed by atoms with Crippen LogP contribution >= 0.6 is 17.2 Å². The van der Waals surface area contributed by atoms with Crippen molar-refractivity contribution >= 4 is 17.2 Å². The van der Waals surface area contributed by atoms with Crippen LogP contribution < -0.4 is 0 Å². The first kappa shape index (κ1) is 32.6. The number of hydrogen-bond donors (Lipinski definition) is 0. The number of hydrogen-bond acceptors (Lipinski definition) is 6. The molecule has 0 radical (unpaired) electrons. The van der Waals surface area contributed by atoms with Gasteiger partial charge in [0.25, 0.3) is 0 Å². The summed E-state index contributed by atoms with van der Waals surface area (Å²) >= 11 is 0. The van der Waals surface area contributed by atoms with E-state index < -0.39 is 11.1 Å². The van der Waals surface area contributed by atoms with Crippen LogP contribution in [0, 0.1) is 0 Å². The molecule has 0 saturated carbocycles. The molecule has 0 aromatic heterocycles. The van der Waals surface area contributed by atoms with Crippen LogP contribution in [0.15, 0.2) is 0 Å². The second kappa shape index (κ2) is 19.9. The van der Waals surface area contributed by atoms with Gasteiger partial charge < -0.3 is 23.7 Å². The van der Waals surface area contributed by atoms with E-state index in [4.69, 9.17) is 23.7 Å². The molecule has 0 aromatic rings. The molecule has 0 aromatic carbocycles. The Morgan fingerprint density at radius 1 is 0.656 bits per heavy atom. The van der Waals surface area contributed by atoms with E-state index in [0.29, 0.717) is 17.2 Å². The molecule has 0 aliphatic rings. The van der Waals surface area contributed by atoms with E-state index in [-0.39, 0.29) is 6.23 Å². The second-order valence-electron chi connectivity index (χ2n) is 8.23. The van der Waals surface area contributed by atoms with Crippen molar-refractivity contribution in [3.63, 3.8) is 0 Å². The van der Waals surface area contributed by atoms with Gasteiger partial charge in [0, 0.05) is 19.7 Å². The Hall–Kier alpha value is 0.620. The van der Waals surface area contributed by atoms with Gasteiger partial charge in [0.2, 0.25) is 0 Å². The zero-order valence-electron chi connectivity index (χ0n) is 22.3. The van der Waals surface area contributed by atoms with E-state index in [9.17, 15) is 0 Å². The summed E-state index contributed by atoms with van der Waals surface area (Å²) in [4.78, 5) is 2.43. The molecule has 194 valence electrons. The predicted octanol–water partition coefficient (Wildman–Crippen LogP) is 6.08. The summed E-state index contributed by atoms with van der Waals surface area (Å²) in [6.45, 7) is 22.5. The Morgan fingerprint density at radius 2 is 1.00 bits per heavy atom. The third-order valence-corrected chi connectivity index (χ3v) is 7.75. The van der Waals surface area contributed by atoms with Crippen LogP contribution in [0.4, 0.5) is 0 Å². The topological polar surface area (TPSA) is 49.4 Å². The summed E-state index contributed by atoms with van der Waals surface area (Å²) in [7, 11) is 1.18.